The molecule has 2 rings (SSSR count). The first-order valence-corrected chi connectivity index (χ1v) is 7.57. The highest BCUT2D eigenvalue weighted by Gasteiger charge is 2.11. The second kappa shape index (κ2) is 8.94. The SMILES string of the molecule is COc1cc(/C=N/NC(=O)c2cccc([N+](=O)[O-])c2)ccc1OCC(N)=O. The van der Waals surface area contributed by atoms with E-state index in [1.807, 2.05) is 0 Å². The number of hydrogen-bond donors (Lipinski definition) is 2. The van der Waals surface area contributed by atoms with Gasteiger partial charge in [0.2, 0.25) is 0 Å². The average molecular weight is 372 g/mol. The van der Waals surface area contributed by atoms with E-state index in [0.717, 1.165) is 6.07 Å². The molecule has 0 spiro atoms. The lowest BCUT2D eigenvalue weighted by molar-refractivity contribution is -0.384. The Balaban J connectivity index is 2.05. The first-order chi connectivity index (χ1) is 12.9. The highest BCUT2D eigenvalue weighted by atomic mass is 16.6. The lowest BCUT2D eigenvalue weighted by Crippen LogP contribution is -2.20. The number of hydrazone groups is 1. The van der Waals surface area contributed by atoms with Crippen molar-refractivity contribution in [2.24, 2.45) is 10.8 Å². The molecule has 10 nitrogen and oxygen atoms in total. The van der Waals surface area contributed by atoms with Crippen LogP contribution < -0.4 is 20.6 Å². The van der Waals surface area contributed by atoms with Crippen molar-refractivity contribution in [1.82, 2.24) is 5.43 Å². The van der Waals surface area contributed by atoms with Gasteiger partial charge in [-0.2, -0.15) is 5.10 Å². The molecule has 0 aliphatic rings. The summed E-state index contributed by atoms with van der Waals surface area (Å²) in [5, 5.41) is 14.5. The third-order valence-electron chi connectivity index (χ3n) is 3.26. The number of primary amides is 1. The van der Waals surface area contributed by atoms with Crippen molar-refractivity contribution in [2.45, 2.75) is 0 Å². The number of nitrogens with two attached hydrogens (primary N) is 1. The fraction of sp³-hybridized carbons (Fsp3) is 0.118. The minimum Gasteiger partial charge on any atom is -0.493 e. The fourth-order valence-electron chi connectivity index (χ4n) is 2.02. The van der Waals surface area contributed by atoms with Gasteiger partial charge in [0.15, 0.2) is 18.1 Å². The van der Waals surface area contributed by atoms with Gasteiger partial charge in [-0.1, -0.05) is 6.07 Å². The van der Waals surface area contributed by atoms with Gasteiger partial charge in [0.25, 0.3) is 17.5 Å². The second-order valence-electron chi connectivity index (χ2n) is 5.17. The number of carbonyl (C=O) groups excluding carboxylic acids is 2. The molecule has 2 aromatic carbocycles. The first-order valence-electron chi connectivity index (χ1n) is 7.57. The molecule has 0 fully saturated rings. The van der Waals surface area contributed by atoms with E-state index in [1.165, 1.54) is 31.5 Å². The van der Waals surface area contributed by atoms with Crippen molar-refractivity contribution in [1.29, 1.82) is 0 Å². The van der Waals surface area contributed by atoms with Crippen LogP contribution in [0.15, 0.2) is 47.6 Å². The summed E-state index contributed by atoms with van der Waals surface area (Å²) >= 11 is 0. The van der Waals surface area contributed by atoms with E-state index in [4.69, 9.17) is 15.2 Å². The molecule has 3 N–H and O–H groups in total. The molecule has 2 aromatic rings. The van der Waals surface area contributed by atoms with E-state index >= 15 is 0 Å². The van der Waals surface area contributed by atoms with Gasteiger partial charge in [-0.25, -0.2) is 5.43 Å². The van der Waals surface area contributed by atoms with Gasteiger partial charge < -0.3 is 15.2 Å². The zero-order valence-electron chi connectivity index (χ0n) is 14.2. The molecule has 0 saturated carbocycles. The average Bonchev–Trinajstić information content (AvgIpc) is 2.66. The van der Waals surface area contributed by atoms with E-state index in [0.29, 0.717) is 17.1 Å². The quantitative estimate of drug-likeness (QED) is 0.405. The summed E-state index contributed by atoms with van der Waals surface area (Å²) in [6.07, 6.45) is 1.36. The van der Waals surface area contributed by atoms with Crippen LogP contribution in [0, 0.1) is 10.1 Å². The Bertz CT molecular complexity index is 897. The molecule has 0 aliphatic carbocycles. The van der Waals surface area contributed by atoms with Crippen molar-refractivity contribution in [3.8, 4) is 11.5 Å². The van der Waals surface area contributed by atoms with Gasteiger partial charge in [-0.15, -0.1) is 0 Å². The Hall–Kier alpha value is -3.95. The van der Waals surface area contributed by atoms with E-state index in [1.54, 1.807) is 18.2 Å². The molecule has 140 valence electrons. The number of nitro benzene ring substituents is 1. The Morgan fingerprint density at radius 1 is 1.26 bits per heavy atom. The van der Waals surface area contributed by atoms with Crippen LogP contribution in [0.25, 0.3) is 0 Å². The number of ether oxygens (including phenoxy) is 2. The standard InChI is InChI=1S/C17H16N4O6/c1-26-15-7-11(5-6-14(15)27-10-16(18)22)9-19-20-17(23)12-3-2-4-13(8-12)21(24)25/h2-9H,10H2,1H3,(H2,18,22)(H,20,23)/b19-9+. The lowest BCUT2D eigenvalue weighted by atomic mass is 10.2. The van der Waals surface area contributed by atoms with Gasteiger partial charge in [0.05, 0.1) is 18.2 Å². The van der Waals surface area contributed by atoms with Crippen LogP contribution in [0.5, 0.6) is 11.5 Å². The van der Waals surface area contributed by atoms with Gasteiger partial charge >= 0.3 is 0 Å². The van der Waals surface area contributed by atoms with Crippen LogP contribution in [0.2, 0.25) is 0 Å². The van der Waals surface area contributed by atoms with Crippen molar-refractivity contribution in [3.05, 3.63) is 63.7 Å². The van der Waals surface area contributed by atoms with Crippen molar-refractivity contribution < 1.29 is 24.0 Å². The minimum atomic E-state index is -0.619. The molecule has 2 amide bonds. The Morgan fingerprint density at radius 3 is 2.70 bits per heavy atom. The zero-order chi connectivity index (χ0) is 19.8. The lowest BCUT2D eigenvalue weighted by Gasteiger charge is -2.09. The third-order valence-corrected chi connectivity index (χ3v) is 3.26. The molecule has 0 aliphatic heterocycles. The number of nitro groups is 1. The summed E-state index contributed by atoms with van der Waals surface area (Å²) in [7, 11) is 1.43. The van der Waals surface area contributed by atoms with Gasteiger partial charge in [-0.05, 0) is 29.8 Å². The zero-order valence-corrected chi connectivity index (χ0v) is 14.2. The molecule has 0 atom stereocenters. The number of nitrogens with one attached hydrogen (secondary N) is 1. The van der Waals surface area contributed by atoms with Gasteiger partial charge in [0.1, 0.15) is 0 Å². The Morgan fingerprint density at radius 2 is 2.04 bits per heavy atom. The molecule has 0 unspecified atom stereocenters. The number of non-ortho nitro benzene ring substituents is 1. The Kier molecular flexibility index (Phi) is 6.42. The molecule has 27 heavy (non-hydrogen) atoms. The maximum absolute atomic E-state index is 12.0. The number of hydrogen-bond acceptors (Lipinski definition) is 7. The highest BCUT2D eigenvalue weighted by Crippen LogP contribution is 2.27. The van der Waals surface area contributed by atoms with Crippen LogP contribution in [0.3, 0.4) is 0 Å². The largest absolute Gasteiger partial charge is 0.493 e. The van der Waals surface area contributed by atoms with Gasteiger partial charge in [-0.3, -0.25) is 19.7 Å². The smallest absolute Gasteiger partial charge is 0.271 e. The van der Waals surface area contributed by atoms with Crippen LogP contribution in [0.4, 0.5) is 5.69 Å². The molecule has 0 saturated heterocycles. The predicted molar refractivity (Wildman–Crippen MR) is 95.8 cm³/mol. The fourth-order valence-corrected chi connectivity index (χ4v) is 2.02. The predicted octanol–water partition coefficient (Wildman–Crippen LogP) is 1.23. The molecule has 10 heteroatoms. The number of nitrogens with zero attached hydrogens (tertiary/aromatic N) is 2. The molecular formula is C17H16N4O6. The first kappa shape index (κ1) is 19.4. The van der Waals surface area contributed by atoms with Crippen LogP contribution in [0.1, 0.15) is 15.9 Å². The second-order valence-corrected chi connectivity index (χ2v) is 5.17. The number of amides is 2. The molecule has 0 aromatic heterocycles. The number of benzene rings is 2. The minimum absolute atomic E-state index is 0.106. The summed E-state index contributed by atoms with van der Waals surface area (Å²) in [5.41, 5.74) is 7.80. The summed E-state index contributed by atoms with van der Waals surface area (Å²) < 4.78 is 10.4. The van der Waals surface area contributed by atoms with Crippen LogP contribution >= 0.6 is 0 Å². The van der Waals surface area contributed by atoms with Gasteiger partial charge in [0, 0.05) is 17.7 Å². The topological polar surface area (TPSA) is 146 Å². The summed E-state index contributed by atoms with van der Waals surface area (Å²) in [6.45, 7) is -0.289. The van der Waals surface area contributed by atoms with E-state index in [9.17, 15) is 19.7 Å². The highest BCUT2D eigenvalue weighted by molar-refractivity contribution is 5.95. The monoisotopic (exact) mass is 372 g/mol. The van der Waals surface area contributed by atoms with Crippen molar-refractivity contribution in [3.63, 3.8) is 0 Å². The third kappa shape index (κ3) is 5.53. The number of carbonyl (C=O) groups is 2. The normalized spacial score (nSPS) is 10.4. The number of methoxy groups -OCH3 is 1. The van der Waals surface area contributed by atoms with E-state index < -0.39 is 16.7 Å². The van der Waals surface area contributed by atoms with Crippen LogP contribution in [-0.4, -0.2) is 36.7 Å². The Labute approximate surface area is 153 Å². The maximum atomic E-state index is 12.0. The summed E-state index contributed by atoms with van der Waals surface area (Å²) in [4.78, 5) is 32.9. The molecule has 0 bridgehead atoms. The molecular weight excluding hydrogens is 356 g/mol. The summed E-state index contributed by atoms with van der Waals surface area (Å²) in [5.74, 6) is -0.533. The number of rotatable bonds is 8. The van der Waals surface area contributed by atoms with E-state index in [-0.39, 0.29) is 17.9 Å². The maximum Gasteiger partial charge on any atom is 0.271 e. The van der Waals surface area contributed by atoms with E-state index in [2.05, 4.69) is 10.5 Å². The summed E-state index contributed by atoms with van der Waals surface area (Å²) in [6, 6.07) is 10.1. The molecule has 0 radical (unpaired) electrons. The van der Waals surface area contributed by atoms with Crippen LogP contribution in [-0.2, 0) is 4.79 Å². The van der Waals surface area contributed by atoms with Crippen molar-refractivity contribution >= 4 is 23.7 Å². The molecule has 0 heterocycles. The van der Waals surface area contributed by atoms with Crippen molar-refractivity contribution in [2.75, 3.05) is 13.7 Å².